The highest BCUT2D eigenvalue weighted by Gasteiger charge is 2.20. The topological polar surface area (TPSA) is 87.5 Å². The van der Waals surface area contributed by atoms with E-state index in [4.69, 9.17) is 14.2 Å². The van der Waals surface area contributed by atoms with Crippen molar-refractivity contribution >= 4 is 23.4 Å². The molecule has 1 aromatic heterocycles. The molecule has 2 aromatic carbocycles. The lowest BCUT2D eigenvalue weighted by atomic mass is 10.2. The van der Waals surface area contributed by atoms with Crippen LogP contribution < -0.4 is 19.5 Å². The molecular formula is C23H26N4O4S. The summed E-state index contributed by atoms with van der Waals surface area (Å²) in [5, 5.41) is 12.0. The van der Waals surface area contributed by atoms with E-state index in [1.165, 1.54) is 11.8 Å². The van der Waals surface area contributed by atoms with Crippen molar-refractivity contribution in [3.63, 3.8) is 0 Å². The van der Waals surface area contributed by atoms with E-state index in [2.05, 4.69) is 22.1 Å². The number of allylic oxidation sites excluding steroid dienone is 1. The zero-order valence-electron chi connectivity index (χ0n) is 18.3. The van der Waals surface area contributed by atoms with Crippen molar-refractivity contribution in [2.45, 2.75) is 24.7 Å². The van der Waals surface area contributed by atoms with Crippen LogP contribution in [0.15, 0.2) is 66.3 Å². The summed E-state index contributed by atoms with van der Waals surface area (Å²) < 4.78 is 18.4. The second-order valence-corrected chi connectivity index (χ2v) is 7.66. The standard InChI is InChI=1S/C23H26N4O4S/c1-5-13-27-22(16(2)31-18-9-7-6-8-10-18)25-26-23(27)32-15-21(28)24-17-11-12-19(29-3)20(14-17)30-4/h5-12,14,16H,1,13,15H2,2-4H3,(H,24,28)/t16-/m1/s1. The number of nitrogens with zero attached hydrogens (tertiary/aromatic N) is 3. The van der Waals surface area contributed by atoms with Crippen LogP contribution in [0.2, 0.25) is 0 Å². The zero-order chi connectivity index (χ0) is 22.9. The Morgan fingerprint density at radius 3 is 2.59 bits per heavy atom. The Morgan fingerprint density at radius 2 is 1.91 bits per heavy atom. The number of nitrogens with one attached hydrogen (secondary N) is 1. The van der Waals surface area contributed by atoms with Gasteiger partial charge in [0.05, 0.1) is 20.0 Å². The molecule has 1 atom stereocenters. The molecule has 0 fully saturated rings. The highest BCUT2D eigenvalue weighted by Crippen LogP contribution is 2.30. The zero-order valence-corrected chi connectivity index (χ0v) is 19.1. The van der Waals surface area contributed by atoms with Crippen molar-refractivity contribution in [1.82, 2.24) is 14.8 Å². The van der Waals surface area contributed by atoms with Crippen molar-refractivity contribution in [2.24, 2.45) is 0 Å². The van der Waals surface area contributed by atoms with Gasteiger partial charge in [0.25, 0.3) is 0 Å². The lowest BCUT2D eigenvalue weighted by molar-refractivity contribution is -0.113. The van der Waals surface area contributed by atoms with Crippen LogP contribution in [-0.4, -0.2) is 40.6 Å². The molecule has 0 saturated carbocycles. The van der Waals surface area contributed by atoms with Gasteiger partial charge in [0.2, 0.25) is 5.91 Å². The number of para-hydroxylation sites is 1. The number of hydrogen-bond acceptors (Lipinski definition) is 7. The van der Waals surface area contributed by atoms with E-state index < -0.39 is 0 Å². The summed E-state index contributed by atoms with van der Waals surface area (Å²) in [5.74, 6) is 2.54. The van der Waals surface area contributed by atoms with Gasteiger partial charge < -0.3 is 19.5 Å². The van der Waals surface area contributed by atoms with Crippen molar-refractivity contribution in [3.8, 4) is 17.2 Å². The molecule has 0 aliphatic heterocycles. The van der Waals surface area contributed by atoms with Crippen LogP contribution in [0.5, 0.6) is 17.2 Å². The quantitative estimate of drug-likeness (QED) is 0.340. The van der Waals surface area contributed by atoms with Gasteiger partial charge in [-0.15, -0.1) is 16.8 Å². The second-order valence-electron chi connectivity index (χ2n) is 6.72. The normalized spacial score (nSPS) is 11.5. The fourth-order valence-electron chi connectivity index (χ4n) is 3.01. The minimum Gasteiger partial charge on any atom is -0.493 e. The SMILES string of the molecule is C=CCn1c(SCC(=O)Nc2ccc(OC)c(OC)c2)nnc1[C@@H](C)Oc1ccccc1. The first-order valence-electron chi connectivity index (χ1n) is 9.96. The highest BCUT2D eigenvalue weighted by molar-refractivity contribution is 7.99. The molecule has 168 valence electrons. The molecule has 1 heterocycles. The molecule has 0 aliphatic rings. The first-order valence-corrected chi connectivity index (χ1v) is 10.9. The predicted octanol–water partition coefficient (Wildman–Crippen LogP) is 4.35. The van der Waals surface area contributed by atoms with E-state index in [0.717, 1.165) is 5.75 Å². The number of ether oxygens (including phenoxy) is 3. The fourth-order valence-corrected chi connectivity index (χ4v) is 3.76. The Bertz CT molecular complexity index is 1060. The summed E-state index contributed by atoms with van der Waals surface area (Å²) in [4.78, 5) is 12.5. The number of methoxy groups -OCH3 is 2. The fraction of sp³-hybridized carbons (Fsp3) is 0.261. The van der Waals surface area contributed by atoms with E-state index in [-0.39, 0.29) is 17.8 Å². The largest absolute Gasteiger partial charge is 0.493 e. The number of rotatable bonds is 11. The van der Waals surface area contributed by atoms with E-state index in [0.29, 0.717) is 34.7 Å². The number of aromatic nitrogens is 3. The lowest BCUT2D eigenvalue weighted by Gasteiger charge is -2.15. The third-order valence-corrected chi connectivity index (χ3v) is 5.44. The predicted molar refractivity (Wildman–Crippen MR) is 125 cm³/mol. The third-order valence-electron chi connectivity index (χ3n) is 4.48. The summed E-state index contributed by atoms with van der Waals surface area (Å²) >= 11 is 1.29. The van der Waals surface area contributed by atoms with Crippen LogP contribution in [0.1, 0.15) is 18.9 Å². The average Bonchev–Trinajstić information content (AvgIpc) is 3.21. The molecule has 8 nitrogen and oxygen atoms in total. The average molecular weight is 455 g/mol. The van der Waals surface area contributed by atoms with Crippen molar-refractivity contribution < 1.29 is 19.0 Å². The van der Waals surface area contributed by atoms with Crippen LogP contribution in [-0.2, 0) is 11.3 Å². The molecule has 32 heavy (non-hydrogen) atoms. The van der Waals surface area contributed by atoms with Gasteiger partial charge in [-0.25, -0.2) is 0 Å². The minimum atomic E-state index is -0.320. The lowest BCUT2D eigenvalue weighted by Crippen LogP contribution is -2.15. The van der Waals surface area contributed by atoms with Gasteiger partial charge in [-0.2, -0.15) is 0 Å². The number of thioether (sulfide) groups is 1. The number of anilines is 1. The van der Waals surface area contributed by atoms with Crippen molar-refractivity contribution in [1.29, 1.82) is 0 Å². The number of benzene rings is 2. The van der Waals surface area contributed by atoms with Crippen molar-refractivity contribution in [2.75, 3.05) is 25.3 Å². The summed E-state index contributed by atoms with van der Waals surface area (Å²) in [7, 11) is 3.11. The number of carbonyl (C=O) groups is 1. The summed E-state index contributed by atoms with van der Waals surface area (Å²) in [6, 6.07) is 14.7. The van der Waals surface area contributed by atoms with Gasteiger partial charge >= 0.3 is 0 Å². The van der Waals surface area contributed by atoms with Crippen LogP contribution in [0.4, 0.5) is 5.69 Å². The molecule has 0 unspecified atom stereocenters. The summed E-state index contributed by atoms with van der Waals surface area (Å²) in [6.45, 7) is 6.23. The molecule has 9 heteroatoms. The van der Waals surface area contributed by atoms with Crippen LogP contribution in [0, 0.1) is 0 Å². The third kappa shape index (κ3) is 5.82. The monoisotopic (exact) mass is 454 g/mol. The van der Waals surface area contributed by atoms with Crippen LogP contribution in [0.3, 0.4) is 0 Å². The molecule has 3 rings (SSSR count). The van der Waals surface area contributed by atoms with Gasteiger partial charge in [-0.3, -0.25) is 9.36 Å². The Labute approximate surface area is 191 Å². The van der Waals surface area contributed by atoms with Gasteiger partial charge in [-0.1, -0.05) is 36.0 Å². The molecule has 3 aromatic rings. The van der Waals surface area contributed by atoms with Gasteiger partial charge in [0.1, 0.15) is 5.75 Å². The van der Waals surface area contributed by atoms with E-state index in [1.54, 1.807) is 38.5 Å². The Morgan fingerprint density at radius 1 is 1.16 bits per heavy atom. The van der Waals surface area contributed by atoms with Gasteiger partial charge in [-0.05, 0) is 31.2 Å². The Hall–Kier alpha value is -3.46. The molecule has 0 spiro atoms. The van der Waals surface area contributed by atoms with Gasteiger partial charge in [0.15, 0.2) is 28.6 Å². The maximum absolute atomic E-state index is 12.5. The van der Waals surface area contributed by atoms with E-state index in [1.807, 2.05) is 41.8 Å². The Kier molecular flexibility index (Phi) is 8.15. The van der Waals surface area contributed by atoms with Crippen molar-refractivity contribution in [3.05, 3.63) is 67.0 Å². The van der Waals surface area contributed by atoms with E-state index >= 15 is 0 Å². The molecule has 0 radical (unpaired) electrons. The smallest absolute Gasteiger partial charge is 0.234 e. The maximum atomic E-state index is 12.5. The number of carbonyl (C=O) groups excluding carboxylic acids is 1. The molecule has 1 amide bonds. The summed E-state index contributed by atoms with van der Waals surface area (Å²) in [6.07, 6.45) is 1.44. The molecule has 0 aliphatic carbocycles. The first kappa shape index (κ1) is 23.2. The van der Waals surface area contributed by atoms with Crippen LogP contribution in [0.25, 0.3) is 0 Å². The first-order chi connectivity index (χ1) is 15.5. The second kappa shape index (κ2) is 11.2. The van der Waals surface area contributed by atoms with E-state index in [9.17, 15) is 4.79 Å². The molecule has 0 bridgehead atoms. The molecular weight excluding hydrogens is 428 g/mol. The number of hydrogen-bond donors (Lipinski definition) is 1. The highest BCUT2D eigenvalue weighted by atomic mass is 32.2. The molecule has 0 saturated heterocycles. The maximum Gasteiger partial charge on any atom is 0.234 e. The van der Waals surface area contributed by atoms with Crippen LogP contribution >= 0.6 is 11.8 Å². The Balaban J connectivity index is 1.65. The number of amides is 1. The van der Waals surface area contributed by atoms with Gasteiger partial charge in [0, 0.05) is 18.3 Å². The minimum absolute atomic E-state index is 0.164. The summed E-state index contributed by atoms with van der Waals surface area (Å²) in [5.41, 5.74) is 0.617. The molecule has 1 N–H and O–H groups in total.